The number of para-hydroxylation sites is 1. The molecule has 0 N–H and O–H groups in total. The zero-order chi connectivity index (χ0) is 21.7. The standard InChI is InChI=1S/C24H20N2O4S/c1-13-24(28)26(12-19(27)22-11-16-6-4-5-7-20(16)30-22)18-10-17(8-9-21(18)29-13)23-14(2)31-15(3)25-23/h4-11,13H,12H2,1-3H3. The van der Waals surface area contributed by atoms with Gasteiger partial charge < -0.3 is 9.15 Å². The average Bonchev–Trinajstić information content (AvgIpc) is 3.33. The van der Waals surface area contributed by atoms with E-state index in [-0.39, 0.29) is 24.0 Å². The summed E-state index contributed by atoms with van der Waals surface area (Å²) in [6.45, 7) is 5.54. The van der Waals surface area contributed by atoms with Crippen molar-refractivity contribution in [2.75, 3.05) is 11.4 Å². The molecular weight excluding hydrogens is 412 g/mol. The van der Waals surface area contributed by atoms with Crippen LogP contribution in [0.15, 0.2) is 52.9 Å². The van der Waals surface area contributed by atoms with Crippen LogP contribution in [0.4, 0.5) is 5.69 Å². The van der Waals surface area contributed by atoms with Gasteiger partial charge in [0.2, 0.25) is 5.78 Å². The summed E-state index contributed by atoms with van der Waals surface area (Å²) in [6.07, 6.45) is -0.676. The van der Waals surface area contributed by atoms with E-state index >= 15 is 0 Å². The summed E-state index contributed by atoms with van der Waals surface area (Å²) in [7, 11) is 0. The van der Waals surface area contributed by atoms with Crippen molar-refractivity contribution >= 4 is 39.7 Å². The van der Waals surface area contributed by atoms with Gasteiger partial charge in [0.1, 0.15) is 11.3 Å². The number of hydrogen-bond donors (Lipinski definition) is 0. The Hall–Kier alpha value is -3.45. The molecule has 7 heteroatoms. The lowest BCUT2D eigenvalue weighted by Crippen LogP contribution is -2.46. The molecule has 6 nitrogen and oxygen atoms in total. The quantitative estimate of drug-likeness (QED) is 0.416. The number of Topliss-reactive ketones (excluding diaryl/α,β-unsaturated/α-hetero) is 1. The van der Waals surface area contributed by atoms with Crippen LogP contribution in [0.5, 0.6) is 5.75 Å². The number of thiazole rings is 1. The summed E-state index contributed by atoms with van der Waals surface area (Å²) in [5, 5.41) is 1.83. The van der Waals surface area contributed by atoms with Gasteiger partial charge in [-0.3, -0.25) is 14.5 Å². The van der Waals surface area contributed by atoms with Crippen LogP contribution in [-0.2, 0) is 4.79 Å². The van der Waals surface area contributed by atoms with E-state index in [0.717, 1.165) is 26.5 Å². The maximum Gasteiger partial charge on any atom is 0.268 e. The fraction of sp³-hybridized carbons (Fsp3) is 0.208. The zero-order valence-corrected chi connectivity index (χ0v) is 18.2. The highest BCUT2D eigenvalue weighted by atomic mass is 32.1. The van der Waals surface area contributed by atoms with Gasteiger partial charge in [0.15, 0.2) is 11.9 Å². The third-order valence-electron chi connectivity index (χ3n) is 5.35. The number of anilines is 1. The monoisotopic (exact) mass is 432 g/mol. The number of carbonyl (C=O) groups is 2. The van der Waals surface area contributed by atoms with Crippen molar-refractivity contribution in [3.63, 3.8) is 0 Å². The number of aromatic nitrogens is 1. The van der Waals surface area contributed by atoms with Crippen molar-refractivity contribution in [1.82, 2.24) is 4.98 Å². The van der Waals surface area contributed by atoms with Crippen molar-refractivity contribution in [2.24, 2.45) is 0 Å². The molecule has 156 valence electrons. The Kier molecular flexibility index (Phi) is 4.63. The van der Waals surface area contributed by atoms with Crippen LogP contribution in [0.25, 0.3) is 22.2 Å². The number of rotatable bonds is 4. The Morgan fingerprint density at radius 1 is 1.16 bits per heavy atom. The molecule has 1 atom stereocenters. The summed E-state index contributed by atoms with van der Waals surface area (Å²) >= 11 is 1.62. The minimum atomic E-state index is -0.676. The second kappa shape index (κ2) is 7.35. The maximum atomic E-state index is 13.0. The van der Waals surface area contributed by atoms with E-state index in [4.69, 9.17) is 9.15 Å². The average molecular weight is 433 g/mol. The van der Waals surface area contributed by atoms with Crippen molar-refractivity contribution in [1.29, 1.82) is 0 Å². The summed E-state index contributed by atoms with van der Waals surface area (Å²) in [5.41, 5.74) is 2.97. The first kappa shape index (κ1) is 19.5. The molecule has 0 fully saturated rings. The molecule has 0 saturated heterocycles. The number of amides is 1. The second-order valence-electron chi connectivity index (χ2n) is 7.58. The molecule has 3 heterocycles. The SMILES string of the molecule is Cc1nc(-c2ccc3c(c2)N(CC(=O)c2cc4ccccc4o2)C(=O)C(C)O3)c(C)s1. The van der Waals surface area contributed by atoms with Crippen molar-refractivity contribution in [3.05, 3.63) is 64.2 Å². The number of hydrogen-bond acceptors (Lipinski definition) is 6. The topological polar surface area (TPSA) is 72.6 Å². The molecule has 1 aliphatic rings. The van der Waals surface area contributed by atoms with Gasteiger partial charge in [0, 0.05) is 15.8 Å². The number of carbonyl (C=O) groups excluding carboxylic acids is 2. The first-order valence-electron chi connectivity index (χ1n) is 9.99. The smallest absolute Gasteiger partial charge is 0.268 e. The molecule has 2 aromatic carbocycles. The van der Waals surface area contributed by atoms with Gasteiger partial charge in [-0.2, -0.15) is 0 Å². The van der Waals surface area contributed by atoms with Crippen molar-refractivity contribution < 1.29 is 18.7 Å². The lowest BCUT2D eigenvalue weighted by Gasteiger charge is -2.32. The first-order valence-corrected chi connectivity index (χ1v) is 10.8. The fourth-order valence-corrected chi connectivity index (χ4v) is 4.70. The Morgan fingerprint density at radius 2 is 1.97 bits per heavy atom. The highest BCUT2D eigenvalue weighted by Gasteiger charge is 2.34. The number of fused-ring (bicyclic) bond motifs is 2. The van der Waals surface area contributed by atoms with E-state index < -0.39 is 6.10 Å². The predicted molar refractivity (Wildman–Crippen MR) is 120 cm³/mol. The molecule has 1 amide bonds. The summed E-state index contributed by atoms with van der Waals surface area (Å²) in [5.74, 6) is 0.269. The van der Waals surface area contributed by atoms with E-state index in [0.29, 0.717) is 17.0 Å². The minimum Gasteiger partial charge on any atom is -0.479 e. The van der Waals surface area contributed by atoms with Crippen molar-refractivity contribution in [3.8, 4) is 17.0 Å². The molecule has 0 spiro atoms. The van der Waals surface area contributed by atoms with Crippen LogP contribution in [-0.4, -0.2) is 29.3 Å². The Bertz CT molecular complexity index is 1300. The zero-order valence-electron chi connectivity index (χ0n) is 17.3. The molecule has 1 unspecified atom stereocenters. The van der Waals surface area contributed by atoms with Crippen LogP contribution in [0.3, 0.4) is 0 Å². The van der Waals surface area contributed by atoms with Gasteiger partial charge in [-0.05, 0) is 51.1 Å². The van der Waals surface area contributed by atoms with E-state index in [1.807, 2.05) is 56.3 Å². The number of furan rings is 1. The van der Waals surface area contributed by atoms with E-state index in [9.17, 15) is 9.59 Å². The Labute approximate surface area is 183 Å². The molecule has 0 bridgehead atoms. The van der Waals surface area contributed by atoms with E-state index in [2.05, 4.69) is 4.98 Å². The van der Waals surface area contributed by atoms with Gasteiger partial charge in [0.05, 0.1) is 22.9 Å². The molecule has 4 aromatic rings. The minimum absolute atomic E-state index is 0.127. The molecule has 5 rings (SSSR count). The van der Waals surface area contributed by atoms with Crippen molar-refractivity contribution in [2.45, 2.75) is 26.9 Å². The predicted octanol–water partition coefficient (Wildman–Crippen LogP) is 5.17. The van der Waals surface area contributed by atoms with E-state index in [1.54, 1.807) is 24.3 Å². The van der Waals surface area contributed by atoms with Gasteiger partial charge in [-0.25, -0.2) is 4.98 Å². The first-order chi connectivity index (χ1) is 14.9. The number of aryl methyl sites for hydroxylation is 2. The number of ether oxygens (including phenoxy) is 1. The largest absolute Gasteiger partial charge is 0.479 e. The molecule has 31 heavy (non-hydrogen) atoms. The van der Waals surface area contributed by atoms with Crippen LogP contribution in [0, 0.1) is 13.8 Å². The lowest BCUT2D eigenvalue weighted by atomic mass is 10.1. The molecular formula is C24H20N2O4S. The Balaban J connectivity index is 1.52. The summed E-state index contributed by atoms with van der Waals surface area (Å²) < 4.78 is 11.5. The van der Waals surface area contributed by atoms with Crippen LogP contribution < -0.4 is 9.64 Å². The Morgan fingerprint density at radius 3 is 2.71 bits per heavy atom. The second-order valence-corrected chi connectivity index (χ2v) is 8.98. The molecule has 0 radical (unpaired) electrons. The fourth-order valence-electron chi connectivity index (χ4n) is 3.85. The molecule has 2 aromatic heterocycles. The summed E-state index contributed by atoms with van der Waals surface area (Å²) in [4.78, 5) is 33.2. The molecule has 0 saturated carbocycles. The third kappa shape index (κ3) is 3.41. The van der Waals surface area contributed by atoms with Crippen LogP contribution >= 0.6 is 11.3 Å². The molecule has 0 aliphatic carbocycles. The maximum absolute atomic E-state index is 13.0. The molecule has 1 aliphatic heterocycles. The number of nitrogens with zero attached hydrogens (tertiary/aromatic N) is 2. The highest BCUT2D eigenvalue weighted by molar-refractivity contribution is 7.11. The number of benzene rings is 2. The van der Waals surface area contributed by atoms with Crippen LogP contribution in [0.2, 0.25) is 0 Å². The van der Waals surface area contributed by atoms with Crippen LogP contribution in [0.1, 0.15) is 27.4 Å². The summed E-state index contributed by atoms with van der Waals surface area (Å²) in [6, 6.07) is 14.8. The van der Waals surface area contributed by atoms with Gasteiger partial charge in [0.25, 0.3) is 5.91 Å². The normalized spacial score (nSPS) is 15.8. The van der Waals surface area contributed by atoms with E-state index in [1.165, 1.54) is 4.90 Å². The highest BCUT2D eigenvalue weighted by Crippen LogP contribution is 2.39. The van der Waals surface area contributed by atoms with Gasteiger partial charge in [-0.15, -0.1) is 11.3 Å². The number of ketones is 1. The van der Waals surface area contributed by atoms with Gasteiger partial charge in [-0.1, -0.05) is 18.2 Å². The van der Waals surface area contributed by atoms with Gasteiger partial charge >= 0.3 is 0 Å². The lowest BCUT2D eigenvalue weighted by molar-refractivity contribution is -0.125. The third-order valence-corrected chi connectivity index (χ3v) is 6.23.